The zero-order chi connectivity index (χ0) is 15.6. The molecule has 0 saturated carbocycles. The molecule has 0 amide bonds. The van der Waals surface area contributed by atoms with Crippen molar-refractivity contribution in [1.29, 1.82) is 0 Å². The molecule has 3 heterocycles. The molecule has 2 saturated heterocycles. The molecule has 122 valence electrons. The van der Waals surface area contributed by atoms with Gasteiger partial charge in [-0.05, 0) is 32.4 Å². The lowest BCUT2D eigenvalue weighted by atomic mass is 9.90. The summed E-state index contributed by atoms with van der Waals surface area (Å²) < 4.78 is 6.16. The van der Waals surface area contributed by atoms with E-state index in [0.717, 1.165) is 69.5 Å². The Balaban J connectivity index is 1.84. The number of ether oxygens (including phenoxy) is 1. The number of rotatable bonds is 3. The van der Waals surface area contributed by atoms with Gasteiger partial charge in [-0.25, -0.2) is 4.98 Å². The van der Waals surface area contributed by atoms with Crippen molar-refractivity contribution >= 4 is 11.8 Å². The normalized spacial score (nSPS) is 21.1. The van der Waals surface area contributed by atoms with Crippen LogP contribution in [0.3, 0.4) is 0 Å². The lowest BCUT2D eigenvalue weighted by molar-refractivity contribution is -0.0740. The molecule has 1 spiro atoms. The van der Waals surface area contributed by atoms with Gasteiger partial charge in [0.15, 0.2) is 0 Å². The number of aromatic nitrogens is 2. The Morgan fingerprint density at radius 3 is 2.77 bits per heavy atom. The Kier molecular flexibility index (Phi) is 4.49. The highest BCUT2D eigenvalue weighted by molar-refractivity contribution is 5.46. The third kappa shape index (κ3) is 3.17. The maximum absolute atomic E-state index is 6.16. The molecule has 0 aliphatic carbocycles. The number of hydrogen-bond donors (Lipinski definition) is 1. The van der Waals surface area contributed by atoms with E-state index in [2.05, 4.69) is 28.2 Å². The summed E-state index contributed by atoms with van der Waals surface area (Å²) in [5.74, 6) is 1.83. The molecule has 1 aromatic heterocycles. The van der Waals surface area contributed by atoms with Gasteiger partial charge in [0.25, 0.3) is 0 Å². The number of nitrogens with one attached hydrogen (secondary N) is 1. The largest absolute Gasteiger partial charge is 0.371 e. The first kappa shape index (κ1) is 15.5. The first-order valence-electron chi connectivity index (χ1n) is 8.27. The molecule has 0 radical (unpaired) electrons. The Morgan fingerprint density at radius 1 is 1.32 bits per heavy atom. The predicted molar refractivity (Wildman–Crippen MR) is 88.7 cm³/mol. The van der Waals surface area contributed by atoms with Crippen LogP contribution in [0.15, 0.2) is 6.07 Å². The number of hydrogen-bond acceptors (Lipinski definition) is 6. The molecule has 0 unspecified atom stereocenters. The minimum Gasteiger partial charge on any atom is -0.371 e. The second-order valence-electron chi connectivity index (χ2n) is 6.47. The van der Waals surface area contributed by atoms with Gasteiger partial charge in [-0.2, -0.15) is 4.98 Å². The van der Waals surface area contributed by atoms with Gasteiger partial charge in [0, 0.05) is 38.9 Å². The van der Waals surface area contributed by atoms with Gasteiger partial charge in [-0.3, -0.25) is 0 Å². The Hall–Kier alpha value is -1.40. The average molecular weight is 305 g/mol. The molecule has 0 atom stereocenters. The van der Waals surface area contributed by atoms with Crippen LogP contribution in [0.1, 0.15) is 25.5 Å². The van der Waals surface area contributed by atoms with E-state index in [1.54, 1.807) is 0 Å². The van der Waals surface area contributed by atoms with Gasteiger partial charge in [0.1, 0.15) is 5.82 Å². The molecule has 6 heteroatoms. The van der Waals surface area contributed by atoms with Crippen LogP contribution in [0.2, 0.25) is 0 Å². The SMILES string of the molecule is CCc1cc(N2CCOC3(CCNCC3)C2)nc(N(C)C)n1. The van der Waals surface area contributed by atoms with Crippen molar-refractivity contribution in [2.75, 3.05) is 56.7 Å². The van der Waals surface area contributed by atoms with E-state index >= 15 is 0 Å². The van der Waals surface area contributed by atoms with Crippen LogP contribution in [0.4, 0.5) is 11.8 Å². The molecule has 2 aliphatic rings. The van der Waals surface area contributed by atoms with Crippen molar-refractivity contribution in [2.45, 2.75) is 31.8 Å². The van der Waals surface area contributed by atoms with E-state index < -0.39 is 0 Å². The van der Waals surface area contributed by atoms with Crippen molar-refractivity contribution < 1.29 is 4.74 Å². The molecule has 6 nitrogen and oxygen atoms in total. The Bertz CT molecular complexity index is 508. The van der Waals surface area contributed by atoms with Crippen LogP contribution in [-0.2, 0) is 11.2 Å². The Labute approximate surface area is 132 Å². The summed E-state index contributed by atoms with van der Waals surface area (Å²) >= 11 is 0. The second kappa shape index (κ2) is 6.38. The van der Waals surface area contributed by atoms with Crippen LogP contribution in [0.25, 0.3) is 0 Å². The second-order valence-corrected chi connectivity index (χ2v) is 6.47. The molecular formula is C16H27N5O. The van der Waals surface area contributed by atoms with E-state index in [-0.39, 0.29) is 5.60 Å². The van der Waals surface area contributed by atoms with Crippen molar-refractivity contribution in [3.63, 3.8) is 0 Å². The lowest BCUT2D eigenvalue weighted by Gasteiger charge is -2.45. The topological polar surface area (TPSA) is 53.5 Å². The van der Waals surface area contributed by atoms with Crippen molar-refractivity contribution in [2.24, 2.45) is 0 Å². The van der Waals surface area contributed by atoms with Gasteiger partial charge in [0.05, 0.1) is 12.2 Å². The lowest BCUT2D eigenvalue weighted by Crippen LogP contribution is -2.56. The van der Waals surface area contributed by atoms with Crippen molar-refractivity contribution in [3.8, 4) is 0 Å². The number of morpholine rings is 1. The quantitative estimate of drug-likeness (QED) is 0.901. The fraction of sp³-hybridized carbons (Fsp3) is 0.750. The van der Waals surface area contributed by atoms with Gasteiger partial charge >= 0.3 is 0 Å². The highest BCUT2D eigenvalue weighted by Gasteiger charge is 2.38. The molecule has 1 aromatic rings. The summed E-state index contributed by atoms with van der Waals surface area (Å²) in [7, 11) is 3.98. The molecule has 2 aliphatic heterocycles. The molecule has 0 bridgehead atoms. The average Bonchev–Trinajstić information content (AvgIpc) is 2.55. The molecule has 2 fully saturated rings. The minimum absolute atomic E-state index is 0.000885. The molecule has 0 aromatic carbocycles. The minimum atomic E-state index is -0.000885. The van der Waals surface area contributed by atoms with E-state index in [9.17, 15) is 0 Å². The molecule has 3 rings (SSSR count). The highest BCUT2D eigenvalue weighted by Crippen LogP contribution is 2.30. The zero-order valence-electron chi connectivity index (χ0n) is 13.9. The smallest absolute Gasteiger partial charge is 0.227 e. The summed E-state index contributed by atoms with van der Waals surface area (Å²) in [5, 5.41) is 3.42. The van der Waals surface area contributed by atoms with Gasteiger partial charge < -0.3 is 19.9 Å². The van der Waals surface area contributed by atoms with Crippen LogP contribution in [0, 0.1) is 0 Å². The number of nitrogens with zero attached hydrogens (tertiary/aromatic N) is 4. The molecular weight excluding hydrogens is 278 g/mol. The molecule has 1 N–H and O–H groups in total. The van der Waals surface area contributed by atoms with Crippen LogP contribution >= 0.6 is 0 Å². The summed E-state index contributed by atoms with van der Waals surface area (Å²) in [6, 6.07) is 2.13. The van der Waals surface area contributed by atoms with Gasteiger partial charge in [-0.15, -0.1) is 0 Å². The number of anilines is 2. The predicted octanol–water partition coefficient (Wildman–Crippen LogP) is 1.06. The van der Waals surface area contributed by atoms with Crippen LogP contribution in [-0.4, -0.2) is 62.5 Å². The fourth-order valence-corrected chi connectivity index (χ4v) is 3.24. The summed E-state index contributed by atoms with van der Waals surface area (Å²) in [6.07, 6.45) is 3.08. The van der Waals surface area contributed by atoms with E-state index in [1.165, 1.54) is 0 Å². The summed E-state index contributed by atoms with van der Waals surface area (Å²) in [6.45, 7) is 6.84. The Morgan fingerprint density at radius 2 is 2.09 bits per heavy atom. The van der Waals surface area contributed by atoms with Crippen LogP contribution in [0.5, 0.6) is 0 Å². The van der Waals surface area contributed by atoms with Crippen LogP contribution < -0.4 is 15.1 Å². The van der Waals surface area contributed by atoms with E-state index in [1.807, 2.05) is 19.0 Å². The number of piperidine rings is 1. The fourth-order valence-electron chi connectivity index (χ4n) is 3.24. The van der Waals surface area contributed by atoms with Gasteiger partial charge in [-0.1, -0.05) is 6.92 Å². The maximum atomic E-state index is 6.16. The first-order chi connectivity index (χ1) is 10.6. The molecule has 22 heavy (non-hydrogen) atoms. The monoisotopic (exact) mass is 305 g/mol. The van der Waals surface area contributed by atoms with E-state index in [0.29, 0.717) is 0 Å². The van der Waals surface area contributed by atoms with Crippen molar-refractivity contribution in [3.05, 3.63) is 11.8 Å². The van der Waals surface area contributed by atoms with Gasteiger partial charge in [0.2, 0.25) is 5.95 Å². The number of aryl methyl sites for hydroxylation is 1. The highest BCUT2D eigenvalue weighted by atomic mass is 16.5. The first-order valence-corrected chi connectivity index (χ1v) is 8.27. The third-order valence-electron chi connectivity index (χ3n) is 4.60. The summed E-state index contributed by atoms with van der Waals surface area (Å²) in [5.41, 5.74) is 1.10. The van der Waals surface area contributed by atoms with E-state index in [4.69, 9.17) is 9.72 Å². The zero-order valence-corrected chi connectivity index (χ0v) is 13.9. The van der Waals surface area contributed by atoms with Crippen molar-refractivity contribution in [1.82, 2.24) is 15.3 Å². The third-order valence-corrected chi connectivity index (χ3v) is 4.60. The maximum Gasteiger partial charge on any atom is 0.227 e. The standard InChI is InChI=1S/C16H27N5O/c1-4-13-11-14(19-15(18-13)20(2)3)21-9-10-22-16(12-21)5-7-17-8-6-16/h11,17H,4-10,12H2,1-3H3. The summed E-state index contributed by atoms with van der Waals surface area (Å²) in [4.78, 5) is 13.7.